The molecule has 0 saturated heterocycles. The summed E-state index contributed by atoms with van der Waals surface area (Å²) in [5, 5.41) is 3.91. The summed E-state index contributed by atoms with van der Waals surface area (Å²) < 4.78 is 13.9. The number of benzene rings is 1. The zero-order valence-electron chi connectivity index (χ0n) is 8.75. The Bertz CT molecular complexity index is 534. The Morgan fingerprint density at radius 2 is 2.12 bits per heavy atom. The van der Waals surface area contributed by atoms with Crippen molar-refractivity contribution in [1.82, 2.24) is 4.98 Å². The summed E-state index contributed by atoms with van der Waals surface area (Å²) in [5.41, 5.74) is 1.77. The van der Waals surface area contributed by atoms with Crippen molar-refractivity contribution >= 4 is 39.9 Å². The van der Waals surface area contributed by atoms with E-state index >= 15 is 0 Å². The molecule has 0 spiro atoms. The third-order valence-corrected chi connectivity index (χ3v) is 3.30. The highest BCUT2D eigenvalue weighted by Gasteiger charge is 2.01. The SMILES string of the molecule is Fc1cncc(CNc2ccc(Cl)cc2I)c1. The minimum atomic E-state index is -0.324. The lowest BCUT2D eigenvalue weighted by Gasteiger charge is -2.08. The first-order chi connectivity index (χ1) is 8.15. The molecule has 2 aromatic rings. The molecule has 0 amide bonds. The number of hydrogen-bond acceptors (Lipinski definition) is 2. The lowest BCUT2D eigenvalue weighted by atomic mass is 10.2. The molecule has 0 saturated carbocycles. The van der Waals surface area contributed by atoms with Crippen molar-refractivity contribution < 1.29 is 4.39 Å². The van der Waals surface area contributed by atoms with Gasteiger partial charge in [0.15, 0.2) is 0 Å². The molecule has 17 heavy (non-hydrogen) atoms. The highest BCUT2D eigenvalue weighted by Crippen LogP contribution is 2.22. The van der Waals surface area contributed by atoms with Crippen LogP contribution in [0.15, 0.2) is 36.7 Å². The monoisotopic (exact) mass is 362 g/mol. The fourth-order valence-electron chi connectivity index (χ4n) is 1.38. The van der Waals surface area contributed by atoms with Gasteiger partial charge in [-0.25, -0.2) is 4.39 Å². The van der Waals surface area contributed by atoms with Gasteiger partial charge in [0.05, 0.1) is 6.20 Å². The Hall–Kier alpha value is -0.880. The van der Waals surface area contributed by atoms with Crippen LogP contribution in [0.5, 0.6) is 0 Å². The fourth-order valence-corrected chi connectivity index (χ4v) is 2.44. The molecule has 88 valence electrons. The summed E-state index contributed by atoms with van der Waals surface area (Å²) in [5.74, 6) is -0.324. The standard InChI is InChI=1S/C12H9ClFIN2/c13-9-1-2-12(11(15)4-9)17-6-8-3-10(14)7-16-5-8/h1-5,7,17H,6H2. The largest absolute Gasteiger partial charge is 0.380 e. The van der Waals surface area contributed by atoms with Gasteiger partial charge in [0.2, 0.25) is 0 Å². The fraction of sp³-hybridized carbons (Fsp3) is 0.0833. The Kier molecular flexibility index (Phi) is 4.17. The van der Waals surface area contributed by atoms with Crippen LogP contribution in [0, 0.1) is 9.39 Å². The molecule has 0 bridgehead atoms. The van der Waals surface area contributed by atoms with Crippen LogP contribution in [0.25, 0.3) is 0 Å². The average molecular weight is 363 g/mol. The van der Waals surface area contributed by atoms with Crippen LogP contribution in [0.3, 0.4) is 0 Å². The summed E-state index contributed by atoms with van der Waals surface area (Å²) in [6.45, 7) is 0.530. The summed E-state index contributed by atoms with van der Waals surface area (Å²) in [6, 6.07) is 7.05. The van der Waals surface area contributed by atoms with E-state index in [1.807, 2.05) is 18.2 Å². The minimum absolute atomic E-state index is 0.324. The quantitative estimate of drug-likeness (QED) is 0.832. The normalized spacial score (nSPS) is 10.3. The van der Waals surface area contributed by atoms with E-state index in [4.69, 9.17) is 11.6 Å². The van der Waals surface area contributed by atoms with E-state index < -0.39 is 0 Å². The van der Waals surface area contributed by atoms with E-state index in [1.54, 1.807) is 6.20 Å². The molecule has 0 unspecified atom stereocenters. The van der Waals surface area contributed by atoms with E-state index in [0.717, 1.165) is 14.8 Å². The molecule has 1 aromatic heterocycles. The summed E-state index contributed by atoms with van der Waals surface area (Å²) >= 11 is 8.06. The molecule has 0 aliphatic rings. The Morgan fingerprint density at radius 1 is 1.29 bits per heavy atom. The number of rotatable bonds is 3. The van der Waals surface area contributed by atoms with E-state index in [-0.39, 0.29) is 5.82 Å². The number of halogens is 3. The zero-order chi connectivity index (χ0) is 12.3. The first-order valence-corrected chi connectivity index (χ1v) is 6.39. The molecule has 2 nitrogen and oxygen atoms in total. The van der Waals surface area contributed by atoms with Crippen LogP contribution in [0.2, 0.25) is 5.02 Å². The maximum Gasteiger partial charge on any atom is 0.141 e. The first-order valence-electron chi connectivity index (χ1n) is 4.93. The second-order valence-corrected chi connectivity index (χ2v) is 5.09. The molecular formula is C12H9ClFIN2. The van der Waals surface area contributed by atoms with Crippen molar-refractivity contribution in [1.29, 1.82) is 0 Å². The lowest BCUT2D eigenvalue weighted by Crippen LogP contribution is -2.01. The Morgan fingerprint density at radius 3 is 2.82 bits per heavy atom. The number of pyridine rings is 1. The number of hydrogen-bond donors (Lipinski definition) is 1. The van der Waals surface area contributed by atoms with E-state index in [0.29, 0.717) is 11.6 Å². The van der Waals surface area contributed by atoms with Crippen LogP contribution < -0.4 is 5.32 Å². The number of nitrogens with zero attached hydrogens (tertiary/aromatic N) is 1. The number of nitrogens with one attached hydrogen (secondary N) is 1. The molecule has 1 N–H and O–H groups in total. The van der Waals surface area contributed by atoms with Crippen molar-refractivity contribution in [3.63, 3.8) is 0 Å². The van der Waals surface area contributed by atoms with Gasteiger partial charge in [0.25, 0.3) is 0 Å². The van der Waals surface area contributed by atoms with Gasteiger partial charge in [-0.15, -0.1) is 0 Å². The van der Waals surface area contributed by atoms with E-state index in [2.05, 4.69) is 32.9 Å². The number of aromatic nitrogens is 1. The summed E-state index contributed by atoms with van der Waals surface area (Å²) in [6.07, 6.45) is 2.83. The predicted octanol–water partition coefficient (Wildman–Crippen LogP) is 4.09. The molecule has 0 aliphatic heterocycles. The minimum Gasteiger partial charge on any atom is -0.380 e. The topological polar surface area (TPSA) is 24.9 Å². The van der Waals surface area contributed by atoms with Crippen LogP contribution in [0.1, 0.15) is 5.56 Å². The Labute approximate surface area is 117 Å². The van der Waals surface area contributed by atoms with Crippen molar-refractivity contribution in [2.24, 2.45) is 0 Å². The van der Waals surface area contributed by atoms with E-state index in [9.17, 15) is 4.39 Å². The highest BCUT2D eigenvalue weighted by atomic mass is 127. The molecule has 0 atom stereocenters. The van der Waals surface area contributed by atoms with Gasteiger partial charge in [-0.05, 0) is 52.4 Å². The van der Waals surface area contributed by atoms with Gasteiger partial charge >= 0.3 is 0 Å². The van der Waals surface area contributed by atoms with Crippen LogP contribution in [0.4, 0.5) is 10.1 Å². The number of anilines is 1. The van der Waals surface area contributed by atoms with Crippen molar-refractivity contribution in [2.45, 2.75) is 6.54 Å². The van der Waals surface area contributed by atoms with Gasteiger partial charge in [-0.3, -0.25) is 4.98 Å². The third-order valence-electron chi connectivity index (χ3n) is 2.18. The van der Waals surface area contributed by atoms with Crippen molar-refractivity contribution in [2.75, 3.05) is 5.32 Å². The lowest BCUT2D eigenvalue weighted by molar-refractivity contribution is 0.619. The second kappa shape index (κ2) is 5.64. The van der Waals surface area contributed by atoms with Crippen LogP contribution in [-0.2, 0) is 6.54 Å². The van der Waals surface area contributed by atoms with Crippen molar-refractivity contribution in [3.05, 3.63) is 56.6 Å². The molecule has 1 heterocycles. The Balaban J connectivity index is 2.07. The molecule has 0 fully saturated rings. The first kappa shape index (κ1) is 12.6. The van der Waals surface area contributed by atoms with E-state index in [1.165, 1.54) is 12.3 Å². The predicted molar refractivity (Wildman–Crippen MR) is 75.7 cm³/mol. The average Bonchev–Trinajstić information content (AvgIpc) is 2.28. The molecule has 5 heteroatoms. The summed E-state index contributed by atoms with van der Waals surface area (Å²) in [4.78, 5) is 3.80. The van der Waals surface area contributed by atoms with Gasteiger partial charge in [-0.2, -0.15) is 0 Å². The maximum absolute atomic E-state index is 12.9. The van der Waals surface area contributed by atoms with Crippen molar-refractivity contribution in [3.8, 4) is 0 Å². The smallest absolute Gasteiger partial charge is 0.141 e. The third kappa shape index (κ3) is 3.54. The molecule has 0 aliphatic carbocycles. The second-order valence-electron chi connectivity index (χ2n) is 3.49. The van der Waals surface area contributed by atoms with Gasteiger partial charge in [0.1, 0.15) is 5.82 Å². The van der Waals surface area contributed by atoms with Crippen LogP contribution in [-0.4, -0.2) is 4.98 Å². The van der Waals surface area contributed by atoms with Gasteiger partial charge in [0, 0.05) is 27.0 Å². The zero-order valence-corrected chi connectivity index (χ0v) is 11.7. The highest BCUT2D eigenvalue weighted by molar-refractivity contribution is 14.1. The maximum atomic E-state index is 12.9. The molecule has 1 aromatic carbocycles. The molecule has 0 radical (unpaired) electrons. The summed E-state index contributed by atoms with van der Waals surface area (Å²) in [7, 11) is 0. The van der Waals surface area contributed by atoms with Gasteiger partial charge in [-0.1, -0.05) is 11.6 Å². The van der Waals surface area contributed by atoms with Gasteiger partial charge < -0.3 is 5.32 Å². The molecular weight excluding hydrogens is 354 g/mol. The van der Waals surface area contributed by atoms with Crippen LogP contribution >= 0.6 is 34.2 Å². The molecule has 2 rings (SSSR count).